The molecule has 4 N–H and O–H groups in total. The third-order valence-corrected chi connectivity index (χ3v) is 2.49. The van der Waals surface area contributed by atoms with Gasteiger partial charge in [-0.2, -0.15) is 13.2 Å². The van der Waals surface area contributed by atoms with Crippen molar-refractivity contribution in [1.29, 1.82) is 0 Å². The van der Waals surface area contributed by atoms with Gasteiger partial charge in [-0.1, -0.05) is 15.9 Å². The van der Waals surface area contributed by atoms with Crippen molar-refractivity contribution in [1.82, 2.24) is 0 Å². The van der Waals surface area contributed by atoms with Gasteiger partial charge in [-0.25, -0.2) is 0 Å². The van der Waals surface area contributed by atoms with Crippen molar-refractivity contribution in [2.45, 2.75) is 6.18 Å². The van der Waals surface area contributed by atoms with Crippen molar-refractivity contribution >= 4 is 33.1 Å². The van der Waals surface area contributed by atoms with Crippen molar-refractivity contribution in [3.63, 3.8) is 0 Å². The highest BCUT2D eigenvalue weighted by atomic mass is 79.9. The SMILES string of the molecule is Nc1ccc(C(F)(F)F)c(N)c1C(=O)CBr. The molecule has 0 radical (unpaired) electrons. The van der Waals surface area contributed by atoms with Gasteiger partial charge in [-0.3, -0.25) is 4.79 Å². The highest BCUT2D eigenvalue weighted by Gasteiger charge is 2.34. The Kier molecular flexibility index (Phi) is 3.47. The Hall–Kier alpha value is -1.24. The Bertz CT molecular complexity index is 431. The van der Waals surface area contributed by atoms with Gasteiger partial charge in [0, 0.05) is 5.69 Å². The number of carbonyl (C=O) groups is 1. The van der Waals surface area contributed by atoms with Crippen LogP contribution in [0.5, 0.6) is 0 Å². The molecule has 0 aromatic heterocycles. The normalized spacial score (nSPS) is 11.5. The molecule has 0 atom stereocenters. The number of anilines is 2. The van der Waals surface area contributed by atoms with Crippen molar-refractivity contribution in [3.8, 4) is 0 Å². The van der Waals surface area contributed by atoms with E-state index < -0.39 is 23.2 Å². The van der Waals surface area contributed by atoms with Crippen molar-refractivity contribution < 1.29 is 18.0 Å². The molecule has 88 valence electrons. The van der Waals surface area contributed by atoms with E-state index in [0.717, 1.165) is 12.1 Å². The lowest BCUT2D eigenvalue weighted by molar-refractivity contribution is -0.136. The number of benzene rings is 1. The number of hydrogen-bond donors (Lipinski definition) is 2. The van der Waals surface area contributed by atoms with Gasteiger partial charge < -0.3 is 11.5 Å². The fraction of sp³-hybridized carbons (Fsp3) is 0.222. The van der Waals surface area contributed by atoms with Gasteiger partial charge in [0.2, 0.25) is 0 Å². The van der Waals surface area contributed by atoms with Crippen LogP contribution < -0.4 is 11.5 Å². The Balaban J connectivity index is 3.45. The average Bonchev–Trinajstić information content (AvgIpc) is 2.15. The van der Waals surface area contributed by atoms with Crippen molar-refractivity contribution in [3.05, 3.63) is 23.3 Å². The molecule has 0 saturated carbocycles. The molecule has 0 saturated heterocycles. The fourth-order valence-electron chi connectivity index (χ4n) is 1.26. The maximum Gasteiger partial charge on any atom is 0.418 e. The third-order valence-electron chi connectivity index (χ3n) is 1.98. The fourth-order valence-corrected chi connectivity index (χ4v) is 1.54. The lowest BCUT2D eigenvalue weighted by Crippen LogP contribution is -2.15. The highest BCUT2D eigenvalue weighted by Crippen LogP contribution is 2.37. The lowest BCUT2D eigenvalue weighted by Gasteiger charge is -2.14. The van der Waals surface area contributed by atoms with E-state index in [0.29, 0.717) is 0 Å². The zero-order chi connectivity index (χ0) is 12.5. The molecule has 0 aliphatic heterocycles. The van der Waals surface area contributed by atoms with Crippen molar-refractivity contribution in [2.75, 3.05) is 16.8 Å². The summed E-state index contributed by atoms with van der Waals surface area (Å²) < 4.78 is 37.5. The molecule has 16 heavy (non-hydrogen) atoms. The van der Waals surface area contributed by atoms with Crippen LogP contribution in [-0.4, -0.2) is 11.1 Å². The second-order valence-electron chi connectivity index (χ2n) is 3.05. The molecule has 0 aliphatic carbocycles. The summed E-state index contributed by atoms with van der Waals surface area (Å²) in [5, 5.41) is -0.136. The van der Waals surface area contributed by atoms with E-state index in [2.05, 4.69) is 15.9 Å². The molecule has 1 rings (SSSR count). The first-order valence-corrected chi connectivity index (χ1v) is 5.25. The predicted octanol–water partition coefficient (Wildman–Crippen LogP) is 2.45. The van der Waals surface area contributed by atoms with Gasteiger partial charge >= 0.3 is 6.18 Å². The van der Waals surface area contributed by atoms with Gasteiger partial charge in [-0.15, -0.1) is 0 Å². The summed E-state index contributed by atoms with van der Waals surface area (Å²) in [6.07, 6.45) is -4.60. The lowest BCUT2D eigenvalue weighted by atomic mass is 10.0. The monoisotopic (exact) mass is 296 g/mol. The molecule has 0 aliphatic rings. The molecular formula is C9H8BrF3N2O. The summed E-state index contributed by atoms with van der Waals surface area (Å²) in [5.41, 5.74) is 8.70. The zero-order valence-corrected chi connectivity index (χ0v) is 9.52. The van der Waals surface area contributed by atoms with E-state index in [4.69, 9.17) is 11.5 Å². The van der Waals surface area contributed by atoms with Crippen LogP contribution in [0.2, 0.25) is 0 Å². The minimum atomic E-state index is -4.60. The van der Waals surface area contributed by atoms with E-state index in [1.54, 1.807) is 0 Å². The number of nitrogen functional groups attached to an aromatic ring is 2. The molecule has 3 nitrogen and oxygen atoms in total. The molecule has 0 amide bonds. The largest absolute Gasteiger partial charge is 0.418 e. The summed E-state index contributed by atoms with van der Waals surface area (Å²) in [7, 11) is 0. The highest BCUT2D eigenvalue weighted by molar-refractivity contribution is 9.09. The number of nitrogens with two attached hydrogens (primary N) is 2. The maximum atomic E-state index is 12.5. The molecule has 0 fully saturated rings. The Morgan fingerprint density at radius 1 is 1.31 bits per heavy atom. The van der Waals surface area contributed by atoms with E-state index in [1.807, 2.05) is 0 Å². The second-order valence-corrected chi connectivity index (χ2v) is 3.61. The van der Waals surface area contributed by atoms with E-state index in [-0.39, 0.29) is 16.6 Å². The molecule has 0 unspecified atom stereocenters. The minimum Gasteiger partial charge on any atom is -0.398 e. The Morgan fingerprint density at radius 3 is 2.31 bits per heavy atom. The molecule has 0 heterocycles. The number of Topliss-reactive ketones (excluding diaryl/α,β-unsaturated/α-hetero) is 1. The van der Waals surface area contributed by atoms with Crippen LogP contribution in [0.1, 0.15) is 15.9 Å². The van der Waals surface area contributed by atoms with Gasteiger partial charge in [-0.05, 0) is 12.1 Å². The number of rotatable bonds is 2. The van der Waals surface area contributed by atoms with Gasteiger partial charge in [0.25, 0.3) is 0 Å². The summed E-state index contributed by atoms with van der Waals surface area (Å²) in [6, 6.07) is 1.78. The van der Waals surface area contributed by atoms with Crippen LogP contribution in [0.4, 0.5) is 24.5 Å². The standard InChI is InChI=1S/C9H8BrF3N2O/c10-3-6(16)7-5(14)2-1-4(8(7)15)9(11,12)13/h1-2H,3,14-15H2. The van der Waals surface area contributed by atoms with E-state index in [9.17, 15) is 18.0 Å². The van der Waals surface area contributed by atoms with Crippen LogP contribution in [0, 0.1) is 0 Å². The zero-order valence-electron chi connectivity index (χ0n) is 7.94. The summed E-state index contributed by atoms with van der Waals surface area (Å²) >= 11 is 2.85. The number of halogens is 4. The van der Waals surface area contributed by atoms with Crippen molar-refractivity contribution in [2.24, 2.45) is 0 Å². The van der Waals surface area contributed by atoms with E-state index >= 15 is 0 Å². The second kappa shape index (κ2) is 4.32. The third kappa shape index (κ3) is 2.29. The molecule has 1 aromatic carbocycles. The summed E-state index contributed by atoms with van der Waals surface area (Å²) in [5.74, 6) is -0.582. The number of alkyl halides is 4. The summed E-state index contributed by atoms with van der Waals surface area (Å²) in [6.45, 7) is 0. The Morgan fingerprint density at radius 2 is 1.88 bits per heavy atom. The number of hydrogen-bond acceptors (Lipinski definition) is 3. The van der Waals surface area contributed by atoms with Crippen LogP contribution in [0.25, 0.3) is 0 Å². The van der Waals surface area contributed by atoms with Gasteiger partial charge in [0.1, 0.15) is 0 Å². The predicted molar refractivity (Wildman–Crippen MR) is 58.4 cm³/mol. The number of ketones is 1. The smallest absolute Gasteiger partial charge is 0.398 e. The first-order valence-electron chi connectivity index (χ1n) is 4.13. The Labute approximate surface area is 97.7 Å². The van der Waals surface area contributed by atoms with Crippen LogP contribution in [0.3, 0.4) is 0 Å². The van der Waals surface area contributed by atoms with Gasteiger partial charge in [0.05, 0.1) is 22.1 Å². The molecule has 0 spiro atoms. The molecule has 0 bridgehead atoms. The quantitative estimate of drug-likeness (QED) is 0.500. The van der Waals surface area contributed by atoms with E-state index in [1.165, 1.54) is 0 Å². The average molecular weight is 297 g/mol. The van der Waals surface area contributed by atoms with Crippen LogP contribution in [0.15, 0.2) is 12.1 Å². The van der Waals surface area contributed by atoms with Crippen LogP contribution in [-0.2, 0) is 6.18 Å². The minimum absolute atomic E-state index is 0.0602. The summed E-state index contributed by atoms with van der Waals surface area (Å²) in [4.78, 5) is 11.4. The molecular weight excluding hydrogens is 289 g/mol. The molecule has 7 heteroatoms. The van der Waals surface area contributed by atoms with Gasteiger partial charge in [0.15, 0.2) is 5.78 Å². The number of carbonyl (C=O) groups excluding carboxylic acids is 1. The molecule has 1 aromatic rings. The first kappa shape index (κ1) is 12.8. The maximum absolute atomic E-state index is 12.5. The topological polar surface area (TPSA) is 69.1 Å². The van der Waals surface area contributed by atoms with Crippen LogP contribution >= 0.6 is 15.9 Å². The first-order chi connectivity index (χ1) is 7.29.